The van der Waals surface area contributed by atoms with Crippen molar-refractivity contribution in [2.75, 3.05) is 32.7 Å². The number of benzene rings is 1. The number of hydrogen-bond acceptors (Lipinski definition) is 2. The highest BCUT2D eigenvalue weighted by molar-refractivity contribution is 5.75. The van der Waals surface area contributed by atoms with E-state index in [0.717, 1.165) is 32.6 Å². The fourth-order valence-corrected chi connectivity index (χ4v) is 2.66. The summed E-state index contributed by atoms with van der Waals surface area (Å²) in [5, 5.41) is 3.00. The monoisotopic (exact) mass is 275 g/mol. The highest BCUT2D eigenvalue weighted by Crippen LogP contribution is 2.14. The Morgan fingerprint density at radius 2 is 1.90 bits per heavy atom. The maximum absolute atomic E-state index is 12.0. The summed E-state index contributed by atoms with van der Waals surface area (Å²) in [6.45, 7) is 8.89. The maximum atomic E-state index is 12.0. The number of likely N-dealkylation sites (tertiary alicyclic amines) is 1. The Morgan fingerprint density at radius 1 is 1.25 bits per heavy atom. The summed E-state index contributed by atoms with van der Waals surface area (Å²) >= 11 is 0. The maximum Gasteiger partial charge on any atom is 0.317 e. The van der Waals surface area contributed by atoms with Crippen LogP contribution in [-0.4, -0.2) is 54.6 Å². The fraction of sp³-hybridized carbons (Fsp3) is 0.562. The Kier molecular flexibility index (Phi) is 5.41. The van der Waals surface area contributed by atoms with E-state index in [1.165, 1.54) is 5.56 Å². The van der Waals surface area contributed by atoms with Gasteiger partial charge in [0.25, 0.3) is 0 Å². The molecule has 110 valence electrons. The minimum atomic E-state index is 0.0735. The molecule has 4 heteroatoms. The number of rotatable bonds is 6. The molecule has 0 spiro atoms. The van der Waals surface area contributed by atoms with E-state index in [4.69, 9.17) is 0 Å². The second-order valence-electron chi connectivity index (χ2n) is 5.25. The molecule has 0 unspecified atom stereocenters. The molecule has 2 rings (SSSR count). The molecule has 20 heavy (non-hydrogen) atoms. The summed E-state index contributed by atoms with van der Waals surface area (Å²) < 4.78 is 0. The minimum Gasteiger partial charge on any atom is -0.338 e. The van der Waals surface area contributed by atoms with Crippen molar-refractivity contribution in [1.29, 1.82) is 0 Å². The van der Waals surface area contributed by atoms with Gasteiger partial charge in [-0.3, -0.25) is 4.90 Å². The Morgan fingerprint density at radius 3 is 2.50 bits per heavy atom. The molecule has 1 N–H and O–H groups in total. The molecule has 1 heterocycles. The van der Waals surface area contributed by atoms with Crippen LogP contribution in [0.15, 0.2) is 30.3 Å². The van der Waals surface area contributed by atoms with Gasteiger partial charge < -0.3 is 10.2 Å². The Bertz CT molecular complexity index is 411. The lowest BCUT2D eigenvalue weighted by Crippen LogP contribution is -2.62. The molecule has 4 nitrogen and oxygen atoms in total. The van der Waals surface area contributed by atoms with Crippen LogP contribution < -0.4 is 5.32 Å². The fourth-order valence-electron chi connectivity index (χ4n) is 2.66. The second kappa shape index (κ2) is 7.29. The smallest absolute Gasteiger partial charge is 0.317 e. The van der Waals surface area contributed by atoms with Crippen LogP contribution in [0.25, 0.3) is 0 Å². The number of urea groups is 1. The van der Waals surface area contributed by atoms with E-state index in [1.807, 2.05) is 23.1 Å². The number of nitrogens with zero attached hydrogens (tertiary/aromatic N) is 2. The molecule has 0 bridgehead atoms. The van der Waals surface area contributed by atoms with Crippen LogP contribution in [0.2, 0.25) is 0 Å². The zero-order valence-electron chi connectivity index (χ0n) is 12.5. The Balaban J connectivity index is 1.65. The van der Waals surface area contributed by atoms with Gasteiger partial charge in [0, 0.05) is 25.7 Å². The lowest BCUT2D eigenvalue weighted by atomic mass is 10.1. The molecule has 1 saturated heterocycles. The van der Waals surface area contributed by atoms with Gasteiger partial charge in [0.05, 0.1) is 0 Å². The van der Waals surface area contributed by atoms with Gasteiger partial charge in [0.2, 0.25) is 0 Å². The van der Waals surface area contributed by atoms with Crippen LogP contribution in [0, 0.1) is 0 Å². The normalized spacial score (nSPS) is 15.2. The Labute approximate surface area is 121 Å². The van der Waals surface area contributed by atoms with E-state index in [2.05, 4.69) is 36.2 Å². The van der Waals surface area contributed by atoms with E-state index in [9.17, 15) is 4.79 Å². The van der Waals surface area contributed by atoms with Gasteiger partial charge in [-0.1, -0.05) is 44.2 Å². The van der Waals surface area contributed by atoms with Crippen LogP contribution in [0.5, 0.6) is 0 Å². The van der Waals surface area contributed by atoms with Crippen LogP contribution in [-0.2, 0) is 6.42 Å². The van der Waals surface area contributed by atoms with Gasteiger partial charge in [-0.2, -0.15) is 0 Å². The molecule has 1 aliphatic heterocycles. The van der Waals surface area contributed by atoms with Gasteiger partial charge >= 0.3 is 6.03 Å². The van der Waals surface area contributed by atoms with Gasteiger partial charge in [-0.15, -0.1) is 0 Å². The van der Waals surface area contributed by atoms with Gasteiger partial charge in [0.1, 0.15) is 0 Å². The molecule has 1 aliphatic rings. The first-order valence-corrected chi connectivity index (χ1v) is 7.55. The third-order valence-corrected chi connectivity index (χ3v) is 4.01. The predicted octanol–water partition coefficient (Wildman–Crippen LogP) is 1.96. The third-order valence-electron chi connectivity index (χ3n) is 4.01. The number of nitrogens with one attached hydrogen (secondary N) is 1. The molecule has 0 saturated carbocycles. The summed E-state index contributed by atoms with van der Waals surface area (Å²) in [5.74, 6) is 0. The first-order valence-electron chi connectivity index (χ1n) is 7.55. The number of hydrogen-bond donors (Lipinski definition) is 1. The summed E-state index contributed by atoms with van der Waals surface area (Å²) in [4.78, 5) is 16.3. The summed E-state index contributed by atoms with van der Waals surface area (Å²) in [6, 6.07) is 10.9. The standard InChI is InChI=1S/C16H25N3O/c1-3-18(4-2)15-12-19(13-15)16(20)17-11-10-14-8-6-5-7-9-14/h5-9,15H,3-4,10-13H2,1-2H3,(H,17,20). The molecule has 0 aromatic heterocycles. The largest absolute Gasteiger partial charge is 0.338 e. The molecule has 1 fully saturated rings. The van der Waals surface area contributed by atoms with Crippen molar-refractivity contribution in [3.05, 3.63) is 35.9 Å². The summed E-state index contributed by atoms with van der Waals surface area (Å²) in [7, 11) is 0. The van der Waals surface area contributed by atoms with Gasteiger partial charge in [0.15, 0.2) is 0 Å². The van der Waals surface area contributed by atoms with Crippen LogP contribution in [0.4, 0.5) is 4.79 Å². The van der Waals surface area contributed by atoms with Gasteiger partial charge in [-0.25, -0.2) is 4.79 Å². The van der Waals surface area contributed by atoms with Crippen molar-refractivity contribution in [2.24, 2.45) is 0 Å². The predicted molar refractivity (Wildman–Crippen MR) is 81.8 cm³/mol. The number of carbonyl (C=O) groups is 1. The minimum absolute atomic E-state index is 0.0735. The molecule has 0 atom stereocenters. The van der Waals surface area contributed by atoms with Crippen molar-refractivity contribution in [2.45, 2.75) is 26.3 Å². The second-order valence-corrected chi connectivity index (χ2v) is 5.25. The molecule has 0 radical (unpaired) electrons. The van der Waals surface area contributed by atoms with Crippen molar-refractivity contribution in [1.82, 2.24) is 15.1 Å². The highest BCUT2D eigenvalue weighted by Gasteiger charge is 2.33. The number of likely N-dealkylation sites (N-methyl/N-ethyl adjacent to an activating group) is 1. The van der Waals surface area contributed by atoms with E-state index in [0.29, 0.717) is 12.6 Å². The first-order chi connectivity index (χ1) is 9.74. The Hall–Kier alpha value is -1.55. The summed E-state index contributed by atoms with van der Waals surface area (Å²) in [6.07, 6.45) is 0.889. The zero-order chi connectivity index (χ0) is 14.4. The van der Waals surface area contributed by atoms with E-state index >= 15 is 0 Å². The molecule has 2 amide bonds. The van der Waals surface area contributed by atoms with E-state index < -0.39 is 0 Å². The van der Waals surface area contributed by atoms with Crippen LogP contribution in [0.3, 0.4) is 0 Å². The van der Waals surface area contributed by atoms with E-state index in [1.54, 1.807) is 0 Å². The lowest BCUT2D eigenvalue weighted by Gasteiger charge is -2.44. The molecule has 1 aromatic carbocycles. The van der Waals surface area contributed by atoms with Crippen molar-refractivity contribution in [3.8, 4) is 0 Å². The van der Waals surface area contributed by atoms with Crippen LogP contribution in [0.1, 0.15) is 19.4 Å². The molecule has 0 aliphatic carbocycles. The van der Waals surface area contributed by atoms with Crippen LogP contribution >= 0.6 is 0 Å². The average Bonchev–Trinajstić information content (AvgIpc) is 2.43. The zero-order valence-corrected chi connectivity index (χ0v) is 12.5. The molecule has 1 aromatic rings. The quantitative estimate of drug-likeness (QED) is 0.861. The summed E-state index contributed by atoms with van der Waals surface area (Å²) in [5.41, 5.74) is 1.26. The topological polar surface area (TPSA) is 35.6 Å². The number of carbonyl (C=O) groups excluding carboxylic acids is 1. The molecular formula is C16H25N3O. The SMILES string of the molecule is CCN(CC)C1CN(C(=O)NCCc2ccccc2)C1. The van der Waals surface area contributed by atoms with E-state index in [-0.39, 0.29) is 6.03 Å². The highest BCUT2D eigenvalue weighted by atomic mass is 16.2. The van der Waals surface area contributed by atoms with Gasteiger partial charge in [-0.05, 0) is 25.1 Å². The first kappa shape index (κ1) is 14.9. The van der Waals surface area contributed by atoms with Crippen molar-refractivity contribution < 1.29 is 4.79 Å². The third kappa shape index (κ3) is 3.73. The lowest BCUT2D eigenvalue weighted by molar-refractivity contribution is 0.0633. The van der Waals surface area contributed by atoms with Crippen molar-refractivity contribution in [3.63, 3.8) is 0 Å². The average molecular weight is 275 g/mol. The molecular weight excluding hydrogens is 250 g/mol. The number of amides is 2. The van der Waals surface area contributed by atoms with Crippen molar-refractivity contribution >= 4 is 6.03 Å².